The molecule has 0 radical (unpaired) electrons. The van der Waals surface area contributed by atoms with Crippen LogP contribution in [-0.4, -0.2) is 84.0 Å². The van der Waals surface area contributed by atoms with Gasteiger partial charge in [0.1, 0.15) is 11.5 Å². The minimum Gasteiger partial charge on any atom is -0.497 e. The first kappa shape index (κ1) is 42.1. The monoisotopic (exact) mass is 790 g/mol. The van der Waals surface area contributed by atoms with Crippen LogP contribution in [0.15, 0.2) is 103 Å². The maximum atomic E-state index is 14.4. The van der Waals surface area contributed by atoms with Gasteiger partial charge in [0, 0.05) is 43.3 Å². The summed E-state index contributed by atoms with van der Waals surface area (Å²) in [6, 6.07) is 27.5. The molecular weight excluding hydrogens is 737 g/mol. The van der Waals surface area contributed by atoms with E-state index in [0.717, 1.165) is 34.5 Å². The number of anilines is 3. The van der Waals surface area contributed by atoms with Gasteiger partial charge in [0.15, 0.2) is 5.60 Å². The molecular formula is C46H54N4O8. The van der Waals surface area contributed by atoms with Gasteiger partial charge in [-0.05, 0) is 98.0 Å². The van der Waals surface area contributed by atoms with Crippen molar-refractivity contribution in [2.45, 2.75) is 64.3 Å². The molecule has 58 heavy (non-hydrogen) atoms. The Kier molecular flexibility index (Phi) is 14.0. The quantitative estimate of drug-likeness (QED) is 0.0725. The summed E-state index contributed by atoms with van der Waals surface area (Å²) < 4.78 is 11.3. The van der Waals surface area contributed by atoms with Gasteiger partial charge in [-0.3, -0.25) is 19.3 Å². The number of ether oxygens (including phenoxy) is 2. The third kappa shape index (κ3) is 9.11. The van der Waals surface area contributed by atoms with E-state index in [1.54, 1.807) is 52.0 Å². The molecule has 0 aliphatic carbocycles. The fourth-order valence-electron chi connectivity index (χ4n) is 7.72. The zero-order valence-electron chi connectivity index (χ0n) is 33.5. The van der Waals surface area contributed by atoms with Crippen molar-refractivity contribution in [2.24, 2.45) is 5.92 Å². The van der Waals surface area contributed by atoms with E-state index in [1.165, 1.54) is 7.11 Å². The smallest absolute Gasteiger partial charge is 0.264 e. The number of hydrogen-bond acceptors (Lipinski definition) is 9. The normalized spacial score (nSPS) is 18.0. The summed E-state index contributed by atoms with van der Waals surface area (Å²) in [6.45, 7) is 5.42. The Bertz CT molecular complexity index is 2070. The molecule has 4 aromatic carbocycles. The first-order chi connectivity index (χ1) is 28.1. The highest BCUT2D eigenvalue weighted by Crippen LogP contribution is 2.47. The number of aliphatic hydroxyl groups excluding tert-OH is 2. The van der Waals surface area contributed by atoms with Crippen LogP contribution < -0.4 is 24.6 Å². The summed E-state index contributed by atoms with van der Waals surface area (Å²) in [7, 11) is 1.53. The van der Waals surface area contributed by atoms with Crippen LogP contribution in [-0.2, 0) is 39.5 Å². The topological polar surface area (TPSA) is 152 Å². The summed E-state index contributed by atoms with van der Waals surface area (Å²) >= 11 is 0. The number of nitrogens with one attached hydrogen (secondary N) is 1. The molecule has 4 N–H and O–H groups in total. The van der Waals surface area contributed by atoms with Crippen molar-refractivity contribution in [1.82, 2.24) is 10.2 Å². The number of nitrogens with zero attached hydrogens (tertiary/aromatic N) is 3. The predicted molar refractivity (Wildman–Crippen MR) is 223 cm³/mol. The van der Waals surface area contributed by atoms with Crippen molar-refractivity contribution in [2.75, 3.05) is 49.8 Å². The van der Waals surface area contributed by atoms with Gasteiger partial charge in [-0.25, -0.2) is 0 Å². The number of carbonyl (C=O) groups is 3. The van der Waals surface area contributed by atoms with Crippen LogP contribution in [0.5, 0.6) is 11.5 Å². The third-order valence-electron chi connectivity index (χ3n) is 10.8. The van der Waals surface area contributed by atoms with Crippen LogP contribution in [0.4, 0.5) is 17.1 Å². The Morgan fingerprint density at radius 1 is 0.948 bits per heavy atom. The Labute approximate surface area is 340 Å². The van der Waals surface area contributed by atoms with E-state index >= 15 is 0 Å². The standard InChI is InChI=1S/C46H54N4O8/c1-4-58-38-20-21-41-35(27-38)28-40(47-23-8-9-25-51)44(54)50(41)36-17-15-34(16-18-36)31-49-42-22-19-37(57-3)29-39(42)46(56,45(49)55)32(2)11-10-14-43(53)48(24-26-52)30-33-12-6-5-7-13-33/h5-7,10-13,15-22,27,29,32,40,47,51-52,56H,4,8-9,14,23-26,28,30-31H2,1-3H3/b11-10+/t32-,40?,46+/m0/s1. The lowest BCUT2D eigenvalue weighted by Gasteiger charge is -2.35. The van der Waals surface area contributed by atoms with E-state index in [1.807, 2.05) is 79.7 Å². The van der Waals surface area contributed by atoms with E-state index in [-0.39, 0.29) is 44.5 Å². The number of unbranched alkanes of at least 4 members (excludes halogenated alkanes) is 1. The second kappa shape index (κ2) is 19.3. The van der Waals surface area contributed by atoms with Crippen LogP contribution in [0.2, 0.25) is 0 Å². The molecule has 306 valence electrons. The molecule has 3 atom stereocenters. The average molecular weight is 791 g/mol. The predicted octanol–water partition coefficient (Wildman–Crippen LogP) is 5.38. The van der Waals surface area contributed by atoms with Gasteiger partial charge in [-0.1, -0.05) is 61.5 Å². The number of rotatable bonds is 19. The van der Waals surface area contributed by atoms with Gasteiger partial charge in [0.05, 0.1) is 44.3 Å². The van der Waals surface area contributed by atoms with Gasteiger partial charge >= 0.3 is 0 Å². The van der Waals surface area contributed by atoms with Crippen molar-refractivity contribution in [3.8, 4) is 11.5 Å². The Morgan fingerprint density at radius 2 is 1.69 bits per heavy atom. The number of aliphatic hydroxyl groups is 3. The van der Waals surface area contributed by atoms with Gasteiger partial charge in [0.2, 0.25) is 11.8 Å². The maximum absolute atomic E-state index is 14.4. The summed E-state index contributed by atoms with van der Waals surface area (Å²) in [6.07, 6.45) is 5.29. The zero-order chi connectivity index (χ0) is 41.2. The fraction of sp³-hybridized carbons (Fsp3) is 0.370. The Morgan fingerprint density at radius 3 is 2.40 bits per heavy atom. The molecule has 0 fully saturated rings. The number of carbonyl (C=O) groups excluding carboxylic acids is 3. The number of fused-ring (bicyclic) bond motifs is 2. The molecule has 3 amide bonds. The molecule has 1 unspecified atom stereocenters. The first-order valence-electron chi connectivity index (χ1n) is 20.0. The minimum atomic E-state index is -1.94. The van der Waals surface area contributed by atoms with Crippen LogP contribution in [0.25, 0.3) is 0 Å². The minimum absolute atomic E-state index is 0.0284. The summed E-state index contributed by atoms with van der Waals surface area (Å²) in [5.74, 6) is -0.270. The molecule has 6 rings (SSSR count). The van der Waals surface area contributed by atoms with E-state index in [4.69, 9.17) is 9.47 Å². The van der Waals surface area contributed by atoms with E-state index in [0.29, 0.717) is 55.2 Å². The number of hydrogen-bond donors (Lipinski definition) is 4. The molecule has 0 saturated carbocycles. The third-order valence-corrected chi connectivity index (χ3v) is 10.8. The highest BCUT2D eigenvalue weighted by molar-refractivity contribution is 6.08. The van der Waals surface area contributed by atoms with E-state index in [2.05, 4.69) is 5.32 Å². The van der Waals surface area contributed by atoms with Crippen LogP contribution in [0.3, 0.4) is 0 Å². The molecule has 0 aromatic heterocycles. The highest BCUT2D eigenvalue weighted by Gasteiger charge is 2.52. The fourth-order valence-corrected chi connectivity index (χ4v) is 7.72. The van der Waals surface area contributed by atoms with Crippen molar-refractivity contribution in [1.29, 1.82) is 0 Å². The zero-order valence-corrected chi connectivity index (χ0v) is 33.5. The molecule has 2 heterocycles. The summed E-state index contributed by atoms with van der Waals surface area (Å²) in [5, 5.41) is 34.5. The second-order valence-corrected chi connectivity index (χ2v) is 14.7. The summed E-state index contributed by atoms with van der Waals surface area (Å²) in [5.41, 5.74) is 3.17. The van der Waals surface area contributed by atoms with Gasteiger partial charge in [-0.2, -0.15) is 0 Å². The lowest BCUT2D eigenvalue weighted by Crippen LogP contribution is -2.49. The SMILES string of the molecule is CCOc1ccc2c(c1)CC(NCCCCO)C(=O)N2c1ccc(CN2C(=O)[C@@](O)([C@@H](C)/C=C/CC(=O)N(CCO)Cc3ccccc3)c3cc(OC)ccc32)cc1. The van der Waals surface area contributed by atoms with E-state index in [9.17, 15) is 29.7 Å². The summed E-state index contributed by atoms with van der Waals surface area (Å²) in [4.78, 5) is 46.4. The molecule has 0 saturated heterocycles. The average Bonchev–Trinajstić information content (AvgIpc) is 3.45. The van der Waals surface area contributed by atoms with Gasteiger partial charge in [-0.15, -0.1) is 0 Å². The number of amides is 3. The molecule has 2 aliphatic rings. The lowest BCUT2D eigenvalue weighted by atomic mass is 9.83. The van der Waals surface area contributed by atoms with Crippen molar-refractivity contribution in [3.63, 3.8) is 0 Å². The van der Waals surface area contributed by atoms with E-state index < -0.39 is 23.5 Å². The number of methoxy groups -OCH3 is 1. The van der Waals surface area contributed by atoms with Crippen LogP contribution >= 0.6 is 0 Å². The highest BCUT2D eigenvalue weighted by atomic mass is 16.5. The van der Waals surface area contributed by atoms with Gasteiger partial charge in [0.25, 0.3) is 5.91 Å². The number of benzene rings is 4. The lowest BCUT2D eigenvalue weighted by molar-refractivity contribution is -0.139. The van der Waals surface area contributed by atoms with Crippen LogP contribution in [0, 0.1) is 5.92 Å². The van der Waals surface area contributed by atoms with Crippen LogP contribution in [0.1, 0.15) is 55.4 Å². The molecule has 2 aliphatic heterocycles. The van der Waals surface area contributed by atoms with Crippen molar-refractivity contribution >= 4 is 34.8 Å². The molecule has 0 bridgehead atoms. The molecule has 12 heteroatoms. The maximum Gasteiger partial charge on any atom is 0.264 e. The largest absolute Gasteiger partial charge is 0.497 e. The van der Waals surface area contributed by atoms with Gasteiger partial charge < -0.3 is 39.9 Å². The second-order valence-electron chi connectivity index (χ2n) is 14.7. The molecule has 4 aromatic rings. The molecule has 12 nitrogen and oxygen atoms in total. The Hall–Kier alpha value is -5.53. The Balaban J connectivity index is 1.21. The van der Waals surface area contributed by atoms with Crippen molar-refractivity contribution in [3.05, 3.63) is 125 Å². The first-order valence-corrected chi connectivity index (χ1v) is 20.0. The molecule has 0 spiro atoms. The van der Waals surface area contributed by atoms with Crippen molar-refractivity contribution < 1.29 is 39.2 Å².